The SMILES string of the molecule is C[C@]12CC[C@@H]3c4ccc(O)cc4CC[C@H]3[C@@H]1CC[C@@H]2O[C@@H]1O[C@H](C(=O)[O-])[C@@H](O)[C@H](OS(=O)(=O)[O-])[C@H]1O. The normalized spacial score (nSPS) is 42.3. The van der Waals surface area contributed by atoms with Gasteiger partial charge in [-0.1, -0.05) is 13.0 Å². The van der Waals surface area contributed by atoms with Crippen molar-refractivity contribution >= 4 is 16.4 Å². The van der Waals surface area contributed by atoms with E-state index in [0.29, 0.717) is 24.2 Å². The van der Waals surface area contributed by atoms with Crippen molar-refractivity contribution in [1.82, 2.24) is 0 Å². The predicted octanol–water partition coefficient (Wildman–Crippen LogP) is -0.324. The summed E-state index contributed by atoms with van der Waals surface area (Å²) in [6.45, 7) is 2.11. The highest BCUT2D eigenvalue weighted by Crippen LogP contribution is 2.62. The summed E-state index contributed by atoms with van der Waals surface area (Å²) in [4.78, 5) is 11.5. The fourth-order valence-electron chi connectivity index (χ4n) is 7.30. The van der Waals surface area contributed by atoms with Crippen molar-refractivity contribution in [3.8, 4) is 5.75 Å². The molecule has 0 aromatic heterocycles. The molecular weight excluding hydrogens is 496 g/mol. The molecule has 1 aromatic rings. The van der Waals surface area contributed by atoms with Crippen LogP contribution < -0.4 is 5.11 Å². The molecule has 3 N–H and O–H groups in total. The van der Waals surface area contributed by atoms with E-state index in [1.54, 1.807) is 6.07 Å². The van der Waals surface area contributed by atoms with Crippen LogP contribution in [0.4, 0.5) is 0 Å². The second-order valence-corrected chi connectivity index (χ2v) is 11.7. The molecule has 0 radical (unpaired) electrons. The highest BCUT2D eigenvalue weighted by atomic mass is 32.3. The Labute approximate surface area is 208 Å². The first-order chi connectivity index (χ1) is 16.9. The van der Waals surface area contributed by atoms with Gasteiger partial charge in [0.2, 0.25) is 10.4 Å². The van der Waals surface area contributed by atoms with E-state index in [9.17, 15) is 38.2 Å². The van der Waals surface area contributed by atoms with E-state index in [-0.39, 0.29) is 11.2 Å². The molecule has 12 heteroatoms. The summed E-state index contributed by atoms with van der Waals surface area (Å²) in [6, 6.07) is 5.57. The first kappa shape index (κ1) is 25.8. The second kappa shape index (κ2) is 9.19. The third kappa shape index (κ3) is 4.42. The van der Waals surface area contributed by atoms with Crippen molar-refractivity contribution in [2.24, 2.45) is 17.3 Å². The molecule has 0 bridgehead atoms. The monoisotopic (exact) mass is 526 g/mol. The lowest BCUT2D eigenvalue weighted by Crippen LogP contribution is -2.64. The van der Waals surface area contributed by atoms with E-state index < -0.39 is 53.2 Å². The highest BCUT2D eigenvalue weighted by molar-refractivity contribution is 7.80. The minimum Gasteiger partial charge on any atom is -0.726 e. The standard InChI is InChI=1S/C24H32O11S/c1-24-9-8-14-13-5-3-12(25)10-11(13)2-4-15(14)16(24)6-7-17(24)33-23-19(27)20(35-36(30,31)32)18(26)21(34-23)22(28)29/h3,5,10,14-21,23,25-27H,2,4,6-9H2,1H3,(H,28,29)(H,30,31,32)/p-2/t14-,15-,16+,17+,18+,19-,20+,21+,23-,24+/m1/s1. The molecule has 0 amide bonds. The van der Waals surface area contributed by atoms with Crippen molar-refractivity contribution < 1.29 is 51.8 Å². The van der Waals surface area contributed by atoms with Crippen LogP contribution in [0.1, 0.15) is 56.1 Å². The number of phenols is 1. The number of aliphatic hydroxyl groups is 2. The molecule has 0 unspecified atom stereocenters. The molecule has 1 aliphatic heterocycles. The van der Waals surface area contributed by atoms with Crippen LogP contribution in [0.15, 0.2) is 18.2 Å². The van der Waals surface area contributed by atoms with Gasteiger partial charge in [0.25, 0.3) is 0 Å². The number of carbonyl (C=O) groups is 1. The number of carbonyl (C=O) groups excluding carboxylic acids is 1. The van der Waals surface area contributed by atoms with Crippen molar-refractivity contribution in [3.63, 3.8) is 0 Å². The zero-order valence-corrected chi connectivity index (χ0v) is 20.5. The highest BCUT2D eigenvalue weighted by Gasteiger charge is 2.57. The fraction of sp³-hybridized carbons (Fsp3) is 0.708. The Bertz CT molecular complexity index is 1120. The van der Waals surface area contributed by atoms with Crippen LogP contribution >= 0.6 is 0 Å². The van der Waals surface area contributed by atoms with E-state index in [1.165, 1.54) is 11.1 Å². The van der Waals surface area contributed by atoms with Crippen LogP contribution in [-0.4, -0.2) is 71.1 Å². The molecule has 4 aliphatic rings. The van der Waals surface area contributed by atoms with Crippen LogP contribution in [0.3, 0.4) is 0 Å². The van der Waals surface area contributed by atoms with Gasteiger partial charge in [0, 0.05) is 0 Å². The van der Waals surface area contributed by atoms with Crippen LogP contribution in [0.2, 0.25) is 0 Å². The molecule has 3 aliphatic carbocycles. The number of rotatable bonds is 5. The first-order valence-electron chi connectivity index (χ1n) is 12.2. The number of hydrogen-bond donors (Lipinski definition) is 3. The van der Waals surface area contributed by atoms with E-state index in [1.807, 2.05) is 12.1 Å². The number of carboxylic acid groups (broad SMARTS) is 1. The van der Waals surface area contributed by atoms with E-state index in [2.05, 4.69) is 11.1 Å². The largest absolute Gasteiger partial charge is 0.726 e. The Balaban J connectivity index is 1.35. The molecule has 1 heterocycles. The molecule has 3 fully saturated rings. The number of aryl methyl sites for hydroxylation is 1. The number of aliphatic hydroxyl groups excluding tert-OH is 2. The molecule has 11 nitrogen and oxygen atoms in total. The summed E-state index contributed by atoms with van der Waals surface area (Å²) in [5, 5.41) is 42.2. The van der Waals surface area contributed by atoms with Crippen molar-refractivity contribution in [2.75, 3.05) is 0 Å². The molecule has 10 atom stereocenters. The minimum atomic E-state index is -5.37. The lowest BCUT2D eigenvalue weighted by molar-refractivity contribution is -0.354. The number of ether oxygens (including phenoxy) is 2. The second-order valence-electron chi connectivity index (χ2n) is 10.7. The van der Waals surface area contributed by atoms with Gasteiger partial charge in [0.15, 0.2) is 6.29 Å². The number of aromatic hydroxyl groups is 1. The molecule has 36 heavy (non-hydrogen) atoms. The first-order valence-corrected chi connectivity index (χ1v) is 13.6. The van der Waals surface area contributed by atoms with Crippen LogP contribution in [0, 0.1) is 17.3 Å². The smallest absolute Gasteiger partial charge is 0.218 e. The van der Waals surface area contributed by atoms with Crippen LogP contribution in [-0.2, 0) is 35.3 Å². The van der Waals surface area contributed by atoms with Gasteiger partial charge in [0.1, 0.15) is 30.2 Å². The van der Waals surface area contributed by atoms with E-state index in [4.69, 9.17) is 9.47 Å². The third-order valence-electron chi connectivity index (χ3n) is 8.93. The number of fused-ring (bicyclic) bond motifs is 5. The van der Waals surface area contributed by atoms with Gasteiger partial charge >= 0.3 is 0 Å². The average Bonchev–Trinajstić information content (AvgIpc) is 3.13. The number of hydrogen-bond acceptors (Lipinski definition) is 11. The van der Waals surface area contributed by atoms with Gasteiger partial charge in [-0.15, -0.1) is 0 Å². The van der Waals surface area contributed by atoms with Gasteiger partial charge in [-0.2, -0.15) is 0 Å². The van der Waals surface area contributed by atoms with Gasteiger partial charge in [-0.3, -0.25) is 4.18 Å². The zero-order valence-electron chi connectivity index (χ0n) is 19.7. The Morgan fingerprint density at radius 1 is 1.17 bits per heavy atom. The number of aliphatic carboxylic acids is 1. The molecule has 0 spiro atoms. The Morgan fingerprint density at radius 2 is 1.92 bits per heavy atom. The van der Waals surface area contributed by atoms with Gasteiger partial charge in [-0.05, 0) is 85.0 Å². The lowest BCUT2D eigenvalue weighted by atomic mass is 9.55. The van der Waals surface area contributed by atoms with Gasteiger partial charge < -0.3 is 39.2 Å². The molecule has 5 rings (SSSR count). The Hall–Kier alpha value is -1.80. The number of phenolic OH excluding ortho intramolecular Hbond substituents is 1. The quantitative estimate of drug-likeness (QED) is 0.337. The molecule has 200 valence electrons. The summed E-state index contributed by atoms with van der Waals surface area (Å²) >= 11 is 0. The summed E-state index contributed by atoms with van der Waals surface area (Å²) < 4.78 is 49.1. The Kier molecular flexibility index (Phi) is 6.60. The Morgan fingerprint density at radius 3 is 2.61 bits per heavy atom. The fourth-order valence-corrected chi connectivity index (χ4v) is 7.80. The van der Waals surface area contributed by atoms with Crippen molar-refractivity contribution in [1.29, 1.82) is 0 Å². The molecular formula is C24H30O11S-2. The summed E-state index contributed by atoms with van der Waals surface area (Å²) in [7, 11) is -5.37. The minimum absolute atomic E-state index is 0.264. The van der Waals surface area contributed by atoms with Crippen LogP contribution in [0.5, 0.6) is 5.75 Å². The molecule has 2 saturated carbocycles. The average molecular weight is 527 g/mol. The predicted molar refractivity (Wildman–Crippen MR) is 118 cm³/mol. The number of carboxylic acids is 1. The lowest BCUT2D eigenvalue weighted by Gasteiger charge is -2.51. The number of benzene rings is 1. The molecule has 1 aromatic carbocycles. The van der Waals surface area contributed by atoms with Crippen molar-refractivity contribution in [2.45, 2.75) is 88.2 Å². The summed E-state index contributed by atoms with van der Waals surface area (Å²) in [5.74, 6) is -0.546. The van der Waals surface area contributed by atoms with E-state index in [0.717, 1.165) is 32.1 Å². The van der Waals surface area contributed by atoms with Crippen molar-refractivity contribution in [3.05, 3.63) is 29.3 Å². The van der Waals surface area contributed by atoms with Gasteiger partial charge in [-0.25, -0.2) is 8.42 Å². The van der Waals surface area contributed by atoms with Gasteiger partial charge in [0.05, 0.1) is 12.1 Å². The summed E-state index contributed by atoms with van der Waals surface area (Å²) in [6.07, 6.45) is -5.32. The zero-order chi connectivity index (χ0) is 26.0. The van der Waals surface area contributed by atoms with E-state index >= 15 is 0 Å². The maximum atomic E-state index is 11.5. The summed E-state index contributed by atoms with van der Waals surface area (Å²) in [5.41, 5.74) is 2.13. The maximum Gasteiger partial charge on any atom is 0.218 e. The maximum absolute atomic E-state index is 11.5. The topological polar surface area (TPSA) is 186 Å². The molecule has 1 saturated heterocycles. The third-order valence-corrected chi connectivity index (χ3v) is 9.38. The van der Waals surface area contributed by atoms with Crippen LogP contribution in [0.25, 0.3) is 0 Å².